The Kier molecular flexibility index (Phi) is 3.31. The molecule has 44 valence electrons. The van der Waals surface area contributed by atoms with Crippen molar-refractivity contribution in [2.45, 2.75) is 0 Å². The Morgan fingerprint density at radius 2 is 2.25 bits per heavy atom. The van der Waals surface area contributed by atoms with Gasteiger partial charge in [-0.05, 0) is 6.08 Å². The van der Waals surface area contributed by atoms with Gasteiger partial charge in [-0.15, -0.1) is 0 Å². The second kappa shape index (κ2) is 3.92. The van der Waals surface area contributed by atoms with Crippen LogP contribution in [0.4, 0.5) is 0 Å². The first-order valence-electron chi connectivity index (χ1n) is 2.13. The second-order valence-corrected chi connectivity index (χ2v) is 1.11. The molecule has 0 saturated carbocycles. The average Bonchev–Trinajstić information content (AvgIpc) is 1.68. The van der Waals surface area contributed by atoms with Crippen LogP contribution in [0.5, 0.6) is 0 Å². The van der Waals surface area contributed by atoms with Crippen LogP contribution in [-0.4, -0.2) is 6.34 Å². The summed E-state index contributed by atoms with van der Waals surface area (Å²) in [6, 6.07) is 0. The Bertz CT molecular complexity index is 124. The molecule has 0 spiro atoms. The fourth-order valence-corrected chi connectivity index (χ4v) is 0.250. The fraction of sp³-hybridized carbons (Fsp3) is 0. The van der Waals surface area contributed by atoms with E-state index in [1.54, 1.807) is 12.2 Å². The quantitative estimate of drug-likeness (QED) is 0.298. The van der Waals surface area contributed by atoms with Gasteiger partial charge in [-0.25, -0.2) is 4.99 Å². The highest BCUT2D eigenvalue weighted by Gasteiger charge is 1.73. The molecular formula is C5H9N3. The highest BCUT2D eigenvalue weighted by molar-refractivity contribution is 5.53. The lowest BCUT2D eigenvalue weighted by atomic mass is 10.5. The molecule has 0 saturated heterocycles. The van der Waals surface area contributed by atoms with Crippen molar-refractivity contribution in [2.24, 2.45) is 16.5 Å². The van der Waals surface area contributed by atoms with Crippen molar-refractivity contribution in [2.75, 3.05) is 0 Å². The van der Waals surface area contributed by atoms with E-state index in [0.717, 1.165) is 6.34 Å². The summed E-state index contributed by atoms with van der Waals surface area (Å²) in [6.45, 7) is 3.41. The summed E-state index contributed by atoms with van der Waals surface area (Å²) in [5, 5.41) is 0. The van der Waals surface area contributed by atoms with Crippen molar-refractivity contribution < 1.29 is 0 Å². The van der Waals surface area contributed by atoms with Gasteiger partial charge in [0.05, 0.1) is 6.34 Å². The Morgan fingerprint density at radius 3 is 2.62 bits per heavy atom. The van der Waals surface area contributed by atoms with E-state index in [2.05, 4.69) is 11.6 Å². The van der Waals surface area contributed by atoms with E-state index in [1.807, 2.05) is 0 Å². The molecular weight excluding hydrogens is 102 g/mol. The largest absolute Gasteiger partial charge is 0.390 e. The number of nitrogens with zero attached hydrogens (tertiary/aromatic N) is 1. The van der Waals surface area contributed by atoms with Crippen LogP contribution in [0.2, 0.25) is 0 Å². The molecule has 0 fully saturated rings. The Morgan fingerprint density at radius 1 is 1.62 bits per heavy atom. The van der Waals surface area contributed by atoms with Crippen molar-refractivity contribution in [1.29, 1.82) is 0 Å². The monoisotopic (exact) mass is 111 g/mol. The minimum atomic E-state index is 0.363. The van der Waals surface area contributed by atoms with E-state index < -0.39 is 0 Å². The predicted molar refractivity (Wildman–Crippen MR) is 35.1 cm³/mol. The van der Waals surface area contributed by atoms with Crippen molar-refractivity contribution >= 4 is 6.34 Å². The van der Waals surface area contributed by atoms with E-state index >= 15 is 0 Å². The third kappa shape index (κ3) is 2.96. The Labute approximate surface area is 48.4 Å². The number of nitrogens with two attached hydrogens (primary N) is 2. The minimum absolute atomic E-state index is 0.363. The summed E-state index contributed by atoms with van der Waals surface area (Å²) in [5.74, 6) is 0.363. The summed E-state index contributed by atoms with van der Waals surface area (Å²) in [4.78, 5) is 3.53. The molecule has 0 aliphatic carbocycles. The van der Waals surface area contributed by atoms with E-state index in [1.165, 1.54) is 0 Å². The molecule has 0 radical (unpaired) electrons. The molecule has 0 heterocycles. The van der Waals surface area contributed by atoms with Gasteiger partial charge in [0.15, 0.2) is 0 Å². The molecule has 0 rings (SSSR count). The number of rotatable bonds is 2. The molecule has 4 N–H and O–H groups in total. The van der Waals surface area contributed by atoms with Crippen molar-refractivity contribution in [1.82, 2.24) is 0 Å². The molecule has 0 aliphatic heterocycles. The number of allylic oxidation sites excluding steroid dienone is 2. The van der Waals surface area contributed by atoms with E-state index in [9.17, 15) is 0 Å². The molecule has 0 aliphatic rings. The summed E-state index contributed by atoms with van der Waals surface area (Å²) in [5.41, 5.74) is 10.1. The van der Waals surface area contributed by atoms with Crippen LogP contribution < -0.4 is 11.5 Å². The zero-order chi connectivity index (χ0) is 6.41. The Balaban J connectivity index is 3.79. The standard InChI is InChI=1S/C5H9N3/c1-2-3-5(7)8-4-6/h2-4H,1,7H2,(H2,6,8)/b5-3-. The van der Waals surface area contributed by atoms with Crippen LogP contribution in [-0.2, 0) is 0 Å². The molecule has 0 unspecified atom stereocenters. The normalized spacial score (nSPS) is 12.2. The maximum Gasteiger partial charge on any atom is 0.125 e. The maximum atomic E-state index is 5.21. The third-order valence-corrected chi connectivity index (χ3v) is 0.512. The van der Waals surface area contributed by atoms with E-state index in [4.69, 9.17) is 11.5 Å². The first-order valence-corrected chi connectivity index (χ1v) is 2.13. The predicted octanol–water partition coefficient (Wildman–Crippen LogP) is -0.0405. The number of aliphatic imine (C=N–C) groups is 1. The topological polar surface area (TPSA) is 64.4 Å². The zero-order valence-corrected chi connectivity index (χ0v) is 4.54. The summed E-state index contributed by atoms with van der Waals surface area (Å²) in [6.07, 6.45) is 4.24. The number of hydrogen-bond acceptors (Lipinski definition) is 2. The Hall–Kier alpha value is -1.25. The lowest BCUT2D eigenvalue weighted by Gasteiger charge is -1.83. The van der Waals surface area contributed by atoms with Gasteiger partial charge >= 0.3 is 0 Å². The second-order valence-electron chi connectivity index (χ2n) is 1.11. The first kappa shape index (κ1) is 6.75. The molecule has 0 aromatic heterocycles. The maximum absolute atomic E-state index is 5.21. The lowest BCUT2D eigenvalue weighted by molar-refractivity contribution is 1.25. The van der Waals surface area contributed by atoms with Crippen molar-refractivity contribution in [3.63, 3.8) is 0 Å². The molecule has 3 nitrogen and oxygen atoms in total. The molecule has 0 aromatic carbocycles. The summed E-state index contributed by atoms with van der Waals surface area (Å²) >= 11 is 0. The SMILES string of the molecule is C=C/C=C(N)\N=C/N. The van der Waals surface area contributed by atoms with Gasteiger partial charge in [0.1, 0.15) is 5.82 Å². The van der Waals surface area contributed by atoms with Crippen molar-refractivity contribution in [3.8, 4) is 0 Å². The molecule has 8 heavy (non-hydrogen) atoms. The number of hydrogen-bond donors (Lipinski definition) is 2. The van der Waals surface area contributed by atoms with Crippen molar-refractivity contribution in [3.05, 3.63) is 24.6 Å². The highest BCUT2D eigenvalue weighted by atomic mass is 14.9. The molecule has 0 atom stereocenters. The van der Waals surface area contributed by atoms with Gasteiger partial charge in [-0.3, -0.25) is 0 Å². The van der Waals surface area contributed by atoms with Crippen LogP contribution >= 0.6 is 0 Å². The summed E-state index contributed by atoms with van der Waals surface area (Å²) in [7, 11) is 0. The van der Waals surface area contributed by atoms with E-state index in [0.29, 0.717) is 5.82 Å². The molecule has 0 amide bonds. The third-order valence-electron chi connectivity index (χ3n) is 0.512. The molecule has 0 bridgehead atoms. The average molecular weight is 111 g/mol. The van der Waals surface area contributed by atoms with Gasteiger partial charge in [0.2, 0.25) is 0 Å². The van der Waals surface area contributed by atoms with Crippen LogP contribution in [0, 0.1) is 0 Å². The smallest absolute Gasteiger partial charge is 0.125 e. The van der Waals surface area contributed by atoms with Gasteiger partial charge in [-0.2, -0.15) is 0 Å². The molecule has 0 aromatic rings. The van der Waals surface area contributed by atoms with E-state index in [-0.39, 0.29) is 0 Å². The zero-order valence-electron chi connectivity index (χ0n) is 4.54. The van der Waals surface area contributed by atoms with Gasteiger partial charge in [-0.1, -0.05) is 12.7 Å². The lowest BCUT2D eigenvalue weighted by Crippen LogP contribution is -1.96. The van der Waals surface area contributed by atoms with Crippen LogP contribution in [0.25, 0.3) is 0 Å². The minimum Gasteiger partial charge on any atom is -0.390 e. The highest BCUT2D eigenvalue weighted by Crippen LogP contribution is 1.81. The van der Waals surface area contributed by atoms with Crippen LogP contribution in [0.3, 0.4) is 0 Å². The van der Waals surface area contributed by atoms with Crippen LogP contribution in [0.1, 0.15) is 0 Å². The van der Waals surface area contributed by atoms with Gasteiger partial charge < -0.3 is 11.5 Å². The van der Waals surface area contributed by atoms with Gasteiger partial charge in [0.25, 0.3) is 0 Å². The first-order chi connectivity index (χ1) is 3.81. The van der Waals surface area contributed by atoms with Crippen LogP contribution in [0.15, 0.2) is 29.5 Å². The molecule has 3 heteroatoms. The van der Waals surface area contributed by atoms with Gasteiger partial charge in [0, 0.05) is 0 Å². The summed E-state index contributed by atoms with van der Waals surface area (Å²) < 4.78 is 0. The fourth-order valence-electron chi connectivity index (χ4n) is 0.250.